The molecule has 2 aromatic carbocycles. The van der Waals surface area contributed by atoms with E-state index in [9.17, 15) is 10.1 Å². The molecule has 104 valence electrons. The second kappa shape index (κ2) is 6.16. The summed E-state index contributed by atoms with van der Waals surface area (Å²) in [5.41, 5.74) is 8.24. The molecule has 0 saturated carbocycles. The Balaban J connectivity index is 2.21. The largest absolute Gasteiger partial charge is 0.482 e. The first kappa shape index (κ1) is 14.0. The lowest BCUT2D eigenvalue weighted by Gasteiger charge is -2.09. The number of rotatable bonds is 5. The van der Waals surface area contributed by atoms with Crippen LogP contribution in [0.3, 0.4) is 0 Å². The van der Waals surface area contributed by atoms with E-state index in [0.717, 1.165) is 11.1 Å². The molecule has 0 fully saturated rings. The third-order valence-electron chi connectivity index (χ3n) is 3.10. The molecule has 20 heavy (non-hydrogen) atoms. The van der Waals surface area contributed by atoms with Crippen LogP contribution in [0.15, 0.2) is 42.5 Å². The SMILES string of the molecule is Cc1ccccc1COc1ccc(CN)cc1[N+](=O)[O-]. The summed E-state index contributed by atoms with van der Waals surface area (Å²) in [6, 6.07) is 12.6. The summed E-state index contributed by atoms with van der Waals surface area (Å²) >= 11 is 0. The van der Waals surface area contributed by atoms with E-state index < -0.39 is 4.92 Å². The molecular formula is C15H16N2O3. The second-order valence-electron chi connectivity index (χ2n) is 4.48. The monoisotopic (exact) mass is 272 g/mol. The van der Waals surface area contributed by atoms with Crippen molar-refractivity contribution >= 4 is 5.69 Å². The van der Waals surface area contributed by atoms with Gasteiger partial charge in [-0.2, -0.15) is 0 Å². The first-order chi connectivity index (χ1) is 9.61. The van der Waals surface area contributed by atoms with Crippen LogP contribution in [0.25, 0.3) is 0 Å². The minimum Gasteiger partial charge on any atom is -0.482 e. The van der Waals surface area contributed by atoms with Crippen molar-refractivity contribution in [2.24, 2.45) is 5.73 Å². The van der Waals surface area contributed by atoms with Crippen molar-refractivity contribution < 1.29 is 9.66 Å². The zero-order chi connectivity index (χ0) is 14.5. The van der Waals surface area contributed by atoms with E-state index in [0.29, 0.717) is 12.2 Å². The van der Waals surface area contributed by atoms with E-state index in [1.807, 2.05) is 31.2 Å². The van der Waals surface area contributed by atoms with E-state index in [2.05, 4.69) is 0 Å². The summed E-state index contributed by atoms with van der Waals surface area (Å²) in [5, 5.41) is 11.1. The van der Waals surface area contributed by atoms with Crippen LogP contribution in [0.1, 0.15) is 16.7 Å². The zero-order valence-corrected chi connectivity index (χ0v) is 11.2. The molecular weight excluding hydrogens is 256 g/mol. The number of nitro benzene ring substituents is 1. The third kappa shape index (κ3) is 3.13. The van der Waals surface area contributed by atoms with Crippen LogP contribution in [-0.4, -0.2) is 4.92 Å². The maximum Gasteiger partial charge on any atom is 0.311 e. The van der Waals surface area contributed by atoms with Gasteiger partial charge in [0.2, 0.25) is 0 Å². The van der Waals surface area contributed by atoms with Gasteiger partial charge in [-0.15, -0.1) is 0 Å². The van der Waals surface area contributed by atoms with Crippen LogP contribution in [-0.2, 0) is 13.2 Å². The fourth-order valence-electron chi connectivity index (χ4n) is 1.88. The third-order valence-corrected chi connectivity index (χ3v) is 3.10. The summed E-state index contributed by atoms with van der Waals surface area (Å²) in [6.45, 7) is 2.54. The summed E-state index contributed by atoms with van der Waals surface area (Å²) in [4.78, 5) is 10.6. The van der Waals surface area contributed by atoms with Gasteiger partial charge in [0, 0.05) is 12.6 Å². The van der Waals surface area contributed by atoms with E-state index in [4.69, 9.17) is 10.5 Å². The number of ether oxygens (including phenoxy) is 1. The Bertz CT molecular complexity index is 626. The zero-order valence-electron chi connectivity index (χ0n) is 11.2. The van der Waals surface area contributed by atoms with Crippen LogP contribution < -0.4 is 10.5 Å². The molecule has 0 aliphatic rings. The van der Waals surface area contributed by atoms with Crippen molar-refractivity contribution in [3.63, 3.8) is 0 Å². The lowest BCUT2D eigenvalue weighted by Crippen LogP contribution is -2.02. The van der Waals surface area contributed by atoms with Crippen LogP contribution in [0.5, 0.6) is 5.75 Å². The van der Waals surface area contributed by atoms with Gasteiger partial charge in [0.05, 0.1) is 4.92 Å². The fourth-order valence-corrected chi connectivity index (χ4v) is 1.88. The number of nitrogens with two attached hydrogens (primary N) is 1. The summed E-state index contributed by atoms with van der Waals surface area (Å²) < 4.78 is 5.58. The summed E-state index contributed by atoms with van der Waals surface area (Å²) in [6.07, 6.45) is 0. The van der Waals surface area contributed by atoms with Crippen LogP contribution in [0.2, 0.25) is 0 Å². The predicted molar refractivity (Wildman–Crippen MR) is 76.5 cm³/mol. The molecule has 2 rings (SSSR count). The molecule has 0 saturated heterocycles. The van der Waals surface area contributed by atoms with Crippen molar-refractivity contribution in [3.05, 3.63) is 69.3 Å². The van der Waals surface area contributed by atoms with Gasteiger partial charge in [0.25, 0.3) is 0 Å². The lowest BCUT2D eigenvalue weighted by molar-refractivity contribution is -0.386. The number of hydrogen-bond acceptors (Lipinski definition) is 4. The highest BCUT2D eigenvalue weighted by molar-refractivity contribution is 5.48. The Hall–Kier alpha value is -2.40. The standard InChI is InChI=1S/C15H16N2O3/c1-11-4-2-3-5-13(11)10-20-15-7-6-12(9-16)8-14(15)17(18)19/h2-8H,9-10,16H2,1H3. The van der Waals surface area contributed by atoms with Gasteiger partial charge >= 0.3 is 5.69 Å². The van der Waals surface area contributed by atoms with E-state index in [1.165, 1.54) is 6.07 Å². The molecule has 0 aliphatic heterocycles. The van der Waals surface area contributed by atoms with Gasteiger partial charge in [0.15, 0.2) is 5.75 Å². The predicted octanol–water partition coefficient (Wildman–Crippen LogP) is 2.94. The van der Waals surface area contributed by atoms with Crippen molar-refractivity contribution in [2.75, 3.05) is 0 Å². The molecule has 0 heterocycles. The molecule has 5 nitrogen and oxygen atoms in total. The molecule has 5 heteroatoms. The number of hydrogen-bond donors (Lipinski definition) is 1. The second-order valence-corrected chi connectivity index (χ2v) is 4.48. The highest BCUT2D eigenvalue weighted by atomic mass is 16.6. The minimum atomic E-state index is -0.452. The number of aryl methyl sites for hydroxylation is 1. The minimum absolute atomic E-state index is 0.0541. The molecule has 0 unspecified atom stereocenters. The highest BCUT2D eigenvalue weighted by Crippen LogP contribution is 2.28. The maximum absolute atomic E-state index is 11.1. The normalized spacial score (nSPS) is 10.3. The van der Waals surface area contributed by atoms with E-state index in [-0.39, 0.29) is 18.0 Å². The molecule has 0 amide bonds. The van der Waals surface area contributed by atoms with Gasteiger partial charge in [0.1, 0.15) is 6.61 Å². The van der Waals surface area contributed by atoms with Gasteiger partial charge in [-0.3, -0.25) is 10.1 Å². The molecule has 0 spiro atoms. The Morgan fingerprint density at radius 1 is 1.25 bits per heavy atom. The average Bonchev–Trinajstić information content (AvgIpc) is 2.46. The summed E-state index contributed by atoms with van der Waals surface area (Å²) in [5.74, 6) is 0.260. The van der Waals surface area contributed by atoms with Crippen LogP contribution in [0.4, 0.5) is 5.69 Å². The Labute approximate surface area is 117 Å². The van der Waals surface area contributed by atoms with Crippen LogP contribution in [0, 0.1) is 17.0 Å². The summed E-state index contributed by atoms with van der Waals surface area (Å²) in [7, 11) is 0. The fraction of sp³-hybridized carbons (Fsp3) is 0.200. The molecule has 0 radical (unpaired) electrons. The van der Waals surface area contributed by atoms with Crippen molar-refractivity contribution in [1.29, 1.82) is 0 Å². The average molecular weight is 272 g/mol. The van der Waals surface area contributed by atoms with E-state index in [1.54, 1.807) is 12.1 Å². The Kier molecular flexibility index (Phi) is 4.32. The molecule has 2 aromatic rings. The molecule has 0 aromatic heterocycles. The topological polar surface area (TPSA) is 78.4 Å². The van der Waals surface area contributed by atoms with Crippen LogP contribution >= 0.6 is 0 Å². The quantitative estimate of drug-likeness (QED) is 0.670. The number of benzene rings is 2. The smallest absolute Gasteiger partial charge is 0.311 e. The van der Waals surface area contributed by atoms with Crippen molar-refractivity contribution in [1.82, 2.24) is 0 Å². The van der Waals surface area contributed by atoms with Gasteiger partial charge in [-0.1, -0.05) is 30.3 Å². The first-order valence-corrected chi connectivity index (χ1v) is 6.26. The van der Waals surface area contributed by atoms with Crippen molar-refractivity contribution in [2.45, 2.75) is 20.1 Å². The van der Waals surface area contributed by atoms with Gasteiger partial charge in [-0.05, 0) is 29.7 Å². The Morgan fingerprint density at radius 2 is 2.00 bits per heavy atom. The van der Waals surface area contributed by atoms with E-state index >= 15 is 0 Å². The van der Waals surface area contributed by atoms with Gasteiger partial charge in [-0.25, -0.2) is 0 Å². The molecule has 0 bridgehead atoms. The first-order valence-electron chi connectivity index (χ1n) is 6.26. The Morgan fingerprint density at radius 3 is 2.65 bits per heavy atom. The lowest BCUT2D eigenvalue weighted by atomic mass is 10.1. The number of nitro groups is 1. The highest BCUT2D eigenvalue weighted by Gasteiger charge is 2.16. The molecule has 0 aliphatic carbocycles. The van der Waals surface area contributed by atoms with Crippen molar-refractivity contribution in [3.8, 4) is 5.75 Å². The number of nitrogens with zero attached hydrogens (tertiary/aromatic N) is 1. The molecule has 0 atom stereocenters. The molecule has 2 N–H and O–H groups in total. The maximum atomic E-state index is 11.1. The van der Waals surface area contributed by atoms with Gasteiger partial charge < -0.3 is 10.5 Å².